The predicted molar refractivity (Wildman–Crippen MR) is 58.4 cm³/mol. The molecule has 1 aromatic rings. The van der Waals surface area contributed by atoms with Crippen molar-refractivity contribution >= 4 is 5.78 Å². The molecule has 0 radical (unpaired) electrons. The Hall–Kier alpha value is -1.29. The first-order valence-electron chi connectivity index (χ1n) is 5.19. The fourth-order valence-electron chi connectivity index (χ4n) is 1.41. The van der Waals surface area contributed by atoms with Crippen LogP contribution in [0.4, 0.5) is 8.78 Å². The fourth-order valence-corrected chi connectivity index (χ4v) is 1.41. The minimum absolute atomic E-state index is 0.0257. The molecule has 0 spiro atoms. The topological polar surface area (TPSA) is 43.1 Å². The molecule has 0 saturated heterocycles. The molecule has 0 bridgehead atoms. The van der Waals surface area contributed by atoms with Crippen molar-refractivity contribution in [1.29, 1.82) is 0 Å². The minimum atomic E-state index is -1.08. The van der Waals surface area contributed by atoms with Crippen LogP contribution in [0, 0.1) is 11.6 Å². The van der Waals surface area contributed by atoms with Gasteiger partial charge in [0.1, 0.15) is 0 Å². The first-order valence-corrected chi connectivity index (χ1v) is 5.19. The van der Waals surface area contributed by atoms with E-state index in [9.17, 15) is 13.6 Å². The highest BCUT2D eigenvalue weighted by Crippen LogP contribution is 2.22. The SMILES string of the molecule is CC(C)c1cc(F)c(F)c(C(=O)CCN)c1. The van der Waals surface area contributed by atoms with Crippen LogP contribution in [0.15, 0.2) is 12.1 Å². The lowest BCUT2D eigenvalue weighted by molar-refractivity contribution is 0.0980. The van der Waals surface area contributed by atoms with Crippen molar-refractivity contribution in [3.8, 4) is 0 Å². The van der Waals surface area contributed by atoms with Gasteiger partial charge in [-0.05, 0) is 30.2 Å². The predicted octanol–water partition coefficient (Wildman–Crippen LogP) is 2.62. The Bertz CT molecular complexity index is 402. The number of benzene rings is 1. The van der Waals surface area contributed by atoms with Crippen molar-refractivity contribution in [2.45, 2.75) is 26.2 Å². The molecule has 2 nitrogen and oxygen atoms in total. The van der Waals surface area contributed by atoms with E-state index in [2.05, 4.69) is 0 Å². The highest BCUT2D eigenvalue weighted by Gasteiger charge is 2.17. The lowest BCUT2D eigenvalue weighted by Crippen LogP contribution is -2.11. The van der Waals surface area contributed by atoms with E-state index in [0.29, 0.717) is 5.56 Å². The smallest absolute Gasteiger partial charge is 0.169 e. The number of Topliss-reactive ketones (excluding diaryl/α,β-unsaturated/α-hetero) is 1. The molecule has 0 heterocycles. The standard InChI is InChI=1S/C12H15F2NO/c1-7(2)8-5-9(11(16)3-4-15)12(14)10(13)6-8/h5-7H,3-4,15H2,1-2H3. The number of hydrogen-bond acceptors (Lipinski definition) is 2. The maximum Gasteiger partial charge on any atom is 0.169 e. The Kier molecular flexibility index (Phi) is 4.12. The van der Waals surface area contributed by atoms with Crippen molar-refractivity contribution in [3.63, 3.8) is 0 Å². The van der Waals surface area contributed by atoms with Crippen molar-refractivity contribution in [2.75, 3.05) is 6.54 Å². The molecule has 0 aliphatic heterocycles. The largest absolute Gasteiger partial charge is 0.330 e. The summed E-state index contributed by atoms with van der Waals surface area (Å²) in [6.07, 6.45) is 0.0257. The van der Waals surface area contributed by atoms with E-state index < -0.39 is 17.4 Å². The highest BCUT2D eigenvalue weighted by atomic mass is 19.2. The monoisotopic (exact) mass is 227 g/mol. The van der Waals surface area contributed by atoms with Crippen LogP contribution in [0.5, 0.6) is 0 Å². The molecule has 2 N–H and O–H groups in total. The fraction of sp³-hybridized carbons (Fsp3) is 0.417. The van der Waals surface area contributed by atoms with Gasteiger partial charge in [0.15, 0.2) is 17.4 Å². The third kappa shape index (κ3) is 2.64. The summed E-state index contributed by atoms with van der Waals surface area (Å²) >= 11 is 0. The van der Waals surface area contributed by atoms with Gasteiger partial charge >= 0.3 is 0 Å². The Morgan fingerprint density at radius 2 is 2.00 bits per heavy atom. The highest BCUT2D eigenvalue weighted by molar-refractivity contribution is 5.96. The Labute approximate surface area is 93.5 Å². The Morgan fingerprint density at radius 3 is 2.50 bits per heavy atom. The molecule has 88 valence electrons. The second kappa shape index (κ2) is 5.16. The molecule has 0 amide bonds. The van der Waals surface area contributed by atoms with E-state index in [4.69, 9.17) is 5.73 Å². The van der Waals surface area contributed by atoms with Gasteiger partial charge in [0, 0.05) is 6.42 Å². The van der Waals surface area contributed by atoms with Crippen molar-refractivity contribution < 1.29 is 13.6 Å². The molecule has 0 aliphatic rings. The summed E-state index contributed by atoms with van der Waals surface area (Å²) in [5.74, 6) is -2.48. The van der Waals surface area contributed by atoms with Crippen LogP contribution >= 0.6 is 0 Å². The molecule has 16 heavy (non-hydrogen) atoms. The maximum atomic E-state index is 13.4. The van der Waals surface area contributed by atoms with Crippen LogP contribution in [0.2, 0.25) is 0 Å². The molecule has 1 aromatic carbocycles. The Morgan fingerprint density at radius 1 is 1.38 bits per heavy atom. The quantitative estimate of drug-likeness (QED) is 0.803. The zero-order chi connectivity index (χ0) is 12.3. The number of hydrogen-bond donors (Lipinski definition) is 1. The number of nitrogens with two attached hydrogens (primary N) is 1. The summed E-state index contributed by atoms with van der Waals surface area (Å²) in [5, 5.41) is 0. The molecule has 1 rings (SSSR count). The molecule has 0 fully saturated rings. The van der Waals surface area contributed by atoms with Gasteiger partial charge < -0.3 is 5.73 Å². The van der Waals surface area contributed by atoms with E-state index in [1.54, 1.807) is 0 Å². The van der Waals surface area contributed by atoms with Crippen LogP contribution in [0.1, 0.15) is 42.1 Å². The molecule has 0 aliphatic carbocycles. The molecule has 4 heteroatoms. The van der Waals surface area contributed by atoms with Crippen LogP contribution in [0.25, 0.3) is 0 Å². The summed E-state index contributed by atoms with van der Waals surface area (Å²) in [6, 6.07) is 2.53. The first kappa shape index (κ1) is 12.8. The lowest BCUT2D eigenvalue weighted by atomic mass is 9.97. The van der Waals surface area contributed by atoms with E-state index in [1.165, 1.54) is 6.07 Å². The van der Waals surface area contributed by atoms with Crippen LogP contribution in [-0.2, 0) is 0 Å². The number of rotatable bonds is 4. The van der Waals surface area contributed by atoms with Crippen molar-refractivity contribution in [2.24, 2.45) is 5.73 Å². The summed E-state index contributed by atoms with van der Waals surface area (Å²) < 4.78 is 26.6. The molecular weight excluding hydrogens is 212 g/mol. The number of ketones is 1. The van der Waals surface area contributed by atoms with Crippen LogP contribution in [0.3, 0.4) is 0 Å². The van der Waals surface area contributed by atoms with Gasteiger partial charge in [-0.3, -0.25) is 4.79 Å². The van der Waals surface area contributed by atoms with Gasteiger partial charge in [-0.2, -0.15) is 0 Å². The van der Waals surface area contributed by atoms with E-state index in [1.807, 2.05) is 13.8 Å². The van der Waals surface area contributed by atoms with Crippen LogP contribution in [-0.4, -0.2) is 12.3 Å². The maximum absolute atomic E-state index is 13.4. The molecular formula is C12H15F2NO. The average molecular weight is 227 g/mol. The third-order valence-corrected chi connectivity index (χ3v) is 2.39. The normalized spacial score (nSPS) is 10.9. The van der Waals surface area contributed by atoms with Gasteiger partial charge in [0.25, 0.3) is 0 Å². The minimum Gasteiger partial charge on any atom is -0.330 e. The number of carbonyl (C=O) groups excluding carboxylic acids is 1. The number of carbonyl (C=O) groups is 1. The van der Waals surface area contributed by atoms with E-state index >= 15 is 0 Å². The van der Waals surface area contributed by atoms with E-state index in [0.717, 1.165) is 6.07 Å². The third-order valence-electron chi connectivity index (χ3n) is 2.39. The summed E-state index contributed by atoms with van der Waals surface area (Å²) in [4.78, 5) is 11.5. The number of halogens is 2. The van der Waals surface area contributed by atoms with Gasteiger partial charge in [0.05, 0.1) is 5.56 Å². The van der Waals surface area contributed by atoms with Gasteiger partial charge in [-0.1, -0.05) is 13.8 Å². The van der Waals surface area contributed by atoms with Crippen LogP contribution < -0.4 is 5.73 Å². The molecule has 0 atom stereocenters. The molecule has 0 unspecified atom stereocenters. The zero-order valence-electron chi connectivity index (χ0n) is 9.39. The van der Waals surface area contributed by atoms with Gasteiger partial charge in [-0.25, -0.2) is 8.78 Å². The van der Waals surface area contributed by atoms with Crippen molar-refractivity contribution in [3.05, 3.63) is 34.9 Å². The summed E-state index contributed by atoms with van der Waals surface area (Å²) in [5.41, 5.74) is 5.63. The van der Waals surface area contributed by atoms with Gasteiger partial charge in [-0.15, -0.1) is 0 Å². The first-order chi connectivity index (χ1) is 7.47. The lowest BCUT2D eigenvalue weighted by Gasteiger charge is -2.09. The second-order valence-corrected chi connectivity index (χ2v) is 3.98. The summed E-state index contributed by atoms with van der Waals surface area (Å²) in [7, 11) is 0. The zero-order valence-corrected chi connectivity index (χ0v) is 9.39. The second-order valence-electron chi connectivity index (χ2n) is 3.98. The van der Waals surface area contributed by atoms with Crippen molar-refractivity contribution in [1.82, 2.24) is 0 Å². The Balaban J connectivity index is 3.21. The van der Waals surface area contributed by atoms with Gasteiger partial charge in [0.2, 0.25) is 0 Å². The molecule has 0 saturated carbocycles. The van der Waals surface area contributed by atoms with E-state index in [-0.39, 0.29) is 24.4 Å². The molecule has 0 aromatic heterocycles. The average Bonchev–Trinajstić information content (AvgIpc) is 2.21. The summed E-state index contributed by atoms with van der Waals surface area (Å²) in [6.45, 7) is 3.83.